The van der Waals surface area contributed by atoms with Crippen molar-refractivity contribution in [2.24, 2.45) is 0 Å². The number of carbonyl (C=O) groups excluding carboxylic acids is 1. The van der Waals surface area contributed by atoms with Gasteiger partial charge in [-0.25, -0.2) is 0 Å². The Kier molecular flexibility index (Phi) is 7.07. The highest BCUT2D eigenvalue weighted by molar-refractivity contribution is 5.74. The van der Waals surface area contributed by atoms with Crippen LogP contribution in [0.3, 0.4) is 0 Å². The van der Waals surface area contributed by atoms with Gasteiger partial charge in [-0.15, -0.1) is 0 Å². The molecule has 32 heavy (non-hydrogen) atoms. The third-order valence-electron chi connectivity index (χ3n) is 5.96. The molecule has 166 valence electrons. The molecule has 0 saturated carbocycles. The lowest BCUT2D eigenvalue weighted by molar-refractivity contribution is 0.112. The van der Waals surface area contributed by atoms with Crippen molar-refractivity contribution in [3.63, 3.8) is 0 Å². The van der Waals surface area contributed by atoms with Gasteiger partial charge in [0.15, 0.2) is 11.5 Å². The fraction of sp³-hybridized carbons (Fsp3) is 0.296. The van der Waals surface area contributed by atoms with E-state index in [4.69, 9.17) is 14.2 Å². The van der Waals surface area contributed by atoms with Gasteiger partial charge in [-0.05, 0) is 71.5 Å². The normalized spacial score (nSPS) is 13.3. The predicted octanol–water partition coefficient (Wildman–Crippen LogP) is 4.70. The van der Waals surface area contributed by atoms with Crippen molar-refractivity contribution in [2.45, 2.75) is 26.0 Å². The van der Waals surface area contributed by atoms with Crippen LogP contribution in [0.5, 0.6) is 17.2 Å². The second-order valence-corrected chi connectivity index (χ2v) is 8.04. The predicted molar refractivity (Wildman–Crippen MR) is 125 cm³/mol. The fourth-order valence-corrected chi connectivity index (χ4v) is 4.03. The van der Waals surface area contributed by atoms with Crippen molar-refractivity contribution >= 4 is 6.29 Å². The van der Waals surface area contributed by atoms with Crippen molar-refractivity contribution in [3.05, 3.63) is 88.5 Å². The maximum Gasteiger partial charge on any atom is 0.161 e. The highest BCUT2D eigenvalue weighted by Gasteiger charge is 2.19. The summed E-state index contributed by atoms with van der Waals surface area (Å²) in [5.74, 6) is 2.37. The lowest BCUT2D eigenvalue weighted by atomic mass is 9.98. The minimum absolute atomic E-state index is 0.509. The van der Waals surface area contributed by atoms with Crippen LogP contribution < -0.4 is 14.2 Å². The smallest absolute Gasteiger partial charge is 0.161 e. The molecule has 0 fully saturated rings. The number of aldehydes is 1. The number of hydrogen-bond donors (Lipinski definition) is 0. The summed E-state index contributed by atoms with van der Waals surface area (Å²) in [6.07, 6.45) is 2.87. The highest BCUT2D eigenvalue weighted by Crippen LogP contribution is 2.33. The molecule has 4 rings (SSSR count). The Labute approximate surface area is 189 Å². The van der Waals surface area contributed by atoms with E-state index in [1.165, 1.54) is 16.7 Å². The van der Waals surface area contributed by atoms with E-state index in [1.54, 1.807) is 26.4 Å². The first kappa shape index (κ1) is 21.9. The average molecular weight is 432 g/mol. The topological polar surface area (TPSA) is 48.0 Å². The zero-order valence-electron chi connectivity index (χ0n) is 18.7. The molecule has 3 aromatic rings. The molecule has 0 aromatic heterocycles. The molecule has 0 radical (unpaired) electrons. The minimum atomic E-state index is 0.509. The zero-order chi connectivity index (χ0) is 22.3. The van der Waals surface area contributed by atoms with Crippen molar-refractivity contribution in [1.29, 1.82) is 0 Å². The van der Waals surface area contributed by atoms with Gasteiger partial charge in [-0.2, -0.15) is 0 Å². The largest absolute Gasteiger partial charge is 0.493 e. The Morgan fingerprint density at radius 1 is 0.875 bits per heavy atom. The maximum atomic E-state index is 10.7. The lowest BCUT2D eigenvalue weighted by Gasteiger charge is -2.29. The first-order valence-corrected chi connectivity index (χ1v) is 10.9. The molecule has 0 aliphatic carbocycles. The van der Waals surface area contributed by atoms with Gasteiger partial charge >= 0.3 is 0 Å². The van der Waals surface area contributed by atoms with Crippen LogP contribution in [-0.2, 0) is 26.0 Å². The lowest BCUT2D eigenvalue weighted by Crippen LogP contribution is -2.32. The standard InChI is InChI=1S/C27H29NO4/c1-30-26-15-23-12-14-28(17-24(23)16-27(26)31-2)13-11-20-3-5-22(6-4-20)19-32-25-9-7-21(18-29)8-10-25/h3-10,15-16,18H,11-14,17,19H2,1-2H3. The summed E-state index contributed by atoms with van der Waals surface area (Å²) in [5, 5.41) is 0. The number of hydrogen-bond acceptors (Lipinski definition) is 5. The van der Waals surface area contributed by atoms with Crippen molar-refractivity contribution < 1.29 is 19.0 Å². The Bertz CT molecular complexity index is 1040. The number of ether oxygens (including phenoxy) is 3. The van der Waals surface area contributed by atoms with Crippen molar-refractivity contribution in [3.8, 4) is 17.2 Å². The quantitative estimate of drug-likeness (QED) is 0.460. The molecule has 5 heteroatoms. The highest BCUT2D eigenvalue weighted by atomic mass is 16.5. The summed E-state index contributed by atoms with van der Waals surface area (Å²) in [5.41, 5.74) is 5.77. The molecular weight excluding hydrogens is 402 g/mol. The van der Waals surface area contributed by atoms with Crippen LogP contribution in [0, 0.1) is 0 Å². The summed E-state index contributed by atoms with van der Waals surface area (Å²) in [4.78, 5) is 13.2. The third-order valence-corrected chi connectivity index (χ3v) is 5.96. The van der Waals surface area contributed by atoms with E-state index in [0.717, 1.165) is 61.6 Å². The summed E-state index contributed by atoms with van der Waals surface area (Å²) < 4.78 is 16.7. The zero-order valence-corrected chi connectivity index (χ0v) is 18.7. The van der Waals surface area contributed by atoms with Crippen LogP contribution in [0.4, 0.5) is 0 Å². The molecular formula is C27H29NO4. The number of methoxy groups -OCH3 is 2. The summed E-state index contributed by atoms with van der Waals surface area (Å²) in [6, 6.07) is 20.0. The van der Waals surface area contributed by atoms with Crippen molar-refractivity contribution in [2.75, 3.05) is 27.3 Å². The Hall–Kier alpha value is -3.31. The van der Waals surface area contributed by atoms with Crippen LogP contribution in [0.2, 0.25) is 0 Å². The molecule has 0 N–H and O–H groups in total. The minimum Gasteiger partial charge on any atom is -0.493 e. The Morgan fingerprint density at radius 3 is 2.19 bits per heavy atom. The average Bonchev–Trinajstić information content (AvgIpc) is 2.86. The number of carbonyl (C=O) groups is 1. The number of benzene rings is 3. The van der Waals surface area contributed by atoms with Crippen LogP contribution in [0.1, 0.15) is 32.6 Å². The molecule has 1 heterocycles. The molecule has 3 aromatic carbocycles. The van der Waals surface area contributed by atoms with Crippen molar-refractivity contribution in [1.82, 2.24) is 4.90 Å². The van der Waals surface area contributed by atoms with Gasteiger partial charge in [0.2, 0.25) is 0 Å². The monoisotopic (exact) mass is 431 g/mol. The fourth-order valence-electron chi connectivity index (χ4n) is 4.03. The molecule has 0 saturated heterocycles. The molecule has 0 spiro atoms. The van der Waals surface area contributed by atoms with Crippen LogP contribution >= 0.6 is 0 Å². The molecule has 5 nitrogen and oxygen atoms in total. The van der Waals surface area contributed by atoms with E-state index in [9.17, 15) is 4.79 Å². The van der Waals surface area contributed by atoms with E-state index in [-0.39, 0.29) is 0 Å². The van der Waals surface area contributed by atoms with E-state index in [1.807, 2.05) is 12.1 Å². The first-order chi connectivity index (χ1) is 15.7. The summed E-state index contributed by atoms with van der Waals surface area (Å²) in [6.45, 7) is 3.52. The van der Waals surface area contributed by atoms with E-state index in [2.05, 4.69) is 41.3 Å². The van der Waals surface area contributed by atoms with Gasteiger partial charge in [0.25, 0.3) is 0 Å². The maximum absolute atomic E-state index is 10.7. The molecule has 0 unspecified atom stereocenters. The summed E-state index contributed by atoms with van der Waals surface area (Å²) >= 11 is 0. The van der Waals surface area contributed by atoms with Gasteiger partial charge in [-0.1, -0.05) is 24.3 Å². The number of rotatable bonds is 9. The van der Waals surface area contributed by atoms with E-state index in [0.29, 0.717) is 12.2 Å². The summed E-state index contributed by atoms with van der Waals surface area (Å²) in [7, 11) is 3.37. The van der Waals surface area contributed by atoms with Gasteiger partial charge in [-0.3, -0.25) is 9.69 Å². The molecule has 1 aliphatic heterocycles. The van der Waals surface area contributed by atoms with E-state index >= 15 is 0 Å². The SMILES string of the molecule is COc1cc2c(cc1OC)CN(CCc1ccc(COc3ccc(C=O)cc3)cc1)CC2. The Balaban J connectivity index is 1.28. The second-order valence-electron chi connectivity index (χ2n) is 8.04. The third kappa shape index (κ3) is 5.29. The van der Waals surface area contributed by atoms with Gasteiger partial charge in [0, 0.05) is 25.2 Å². The van der Waals surface area contributed by atoms with Gasteiger partial charge in [0.1, 0.15) is 18.6 Å². The molecule has 0 amide bonds. The molecule has 0 atom stereocenters. The first-order valence-electron chi connectivity index (χ1n) is 10.9. The van der Waals surface area contributed by atoms with Crippen LogP contribution in [0.25, 0.3) is 0 Å². The molecule has 1 aliphatic rings. The van der Waals surface area contributed by atoms with Gasteiger partial charge in [0.05, 0.1) is 14.2 Å². The number of fused-ring (bicyclic) bond motifs is 1. The van der Waals surface area contributed by atoms with Crippen LogP contribution in [-0.4, -0.2) is 38.5 Å². The molecule has 0 bridgehead atoms. The number of nitrogens with zero attached hydrogens (tertiary/aromatic N) is 1. The Morgan fingerprint density at radius 2 is 1.53 bits per heavy atom. The van der Waals surface area contributed by atoms with E-state index < -0.39 is 0 Å². The second kappa shape index (κ2) is 10.3. The van der Waals surface area contributed by atoms with Crippen LogP contribution in [0.15, 0.2) is 60.7 Å². The van der Waals surface area contributed by atoms with Gasteiger partial charge < -0.3 is 14.2 Å².